The monoisotopic (exact) mass is 310 g/mol. The van der Waals surface area contributed by atoms with Crippen molar-refractivity contribution in [1.29, 1.82) is 0 Å². The Morgan fingerprint density at radius 1 is 1.39 bits per heavy atom. The SMILES string of the molecule is Cc1cc(C(=O)N2CCC(=NO)CC2)ccc1Br. The standard InChI is InChI=1S/C13H15BrN2O2/c1-9-8-10(2-3-12(9)14)13(17)16-6-4-11(15-18)5-7-16/h2-3,8,18H,4-7H2,1H3. The smallest absolute Gasteiger partial charge is 0.253 e. The van der Waals surface area contributed by atoms with Crippen LogP contribution in [0.1, 0.15) is 28.8 Å². The van der Waals surface area contributed by atoms with Crippen LogP contribution in [0.15, 0.2) is 27.8 Å². The van der Waals surface area contributed by atoms with Crippen molar-refractivity contribution in [3.8, 4) is 0 Å². The van der Waals surface area contributed by atoms with Gasteiger partial charge in [0.25, 0.3) is 5.91 Å². The van der Waals surface area contributed by atoms with Gasteiger partial charge >= 0.3 is 0 Å². The highest BCUT2D eigenvalue weighted by Gasteiger charge is 2.21. The van der Waals surface area contributed by atoms with Crippen LogP contribution in [0.3, 0.4) is 0 Å². The third kappa shape index (κ3) is 2.72. The van der Waals surface area contributed by atoms with Gasteiger partial charge in [-0.05, 0) is 30.7 Å². The van der Waals surface area contributed by atoms with E-state index in [1.165, 1.54) is 0 Å². The maximum absolute atomic E-state index is 12.3. The number of benzene rings is 1. The van der Waals surface area contributed by atoms with E-state index in [-0.39, 0.29) is 5.91 Å². The predicted octanol–water partition coefficient (Wildman–Crippen LogP) is 2.82. The van der Waals surface area contributed by atoms with Gasteiger partial charge in [0.05, 0.1) is 5.71 Å². The maximum Gasteiger partial charge on any atom is 0.253 e. The quantitative estimate of drug-likeness (QED) is 0.640. The zero-order chi connectivity index (χ0) is 13.1. The van der Waals surface area contributed by atoms with Gasteiger partial charge in [0.1, 0.15) is 0 Å². The molecule has 0 aromatic heterocycles. The number of hydrogen-bond acceptors (Lipinski definition) is 3. The van der Waals surface area contributed by atoms with Gasteiger partial charge in [-0.25, -0.2) is 0 Å². The number of piperidine rings is 1. The minimum Gasteiger partial charge on any atom is -0.411 e. The number of oxime groups is 1. The molecule has 4 nitrogen and oxygen atoms in total. The summed E-state index contributed by atoms with van der Waals surface area (Å²) in [6, 6.07) is 5.62. The van der Waals surface area contributed by atoms with Crippen molar-refractivity contribution < 1.29 is 10.0 Å². The van der Waals surface area contributed by atoms with Crippen LogP contribution in [0.25, 0.3) is 0 Å². The number of aryl methyl sites for hydroxylation is 1. The summed E-state index contributed by atoms with van der Waals surface area (Å²) < 4.78 is 1.01. The van der Waals surface area contributed by atoms with E-state index in [4.69, 9.17) is 5.21 Å². The molecule has 1 saturated heterocycles. The molecular weight excluding hydrogens is 296 g/mol. The van der Waals surface area contributed by atoms with Gasteiger partial charge < -0.3 is 10.1 Å². The van der Waals surface area contributed by atoms with Crippen molar-refractivity contribution in [2.24, 2.45) is 5.16 Å². The van der Waals surface area contributed by atoms with Crippen LogP contribution in [0, 0.1) is 6.92 Å². The Kier molecular flexibility index (Phi) is 4.01. The summed E-state index contributed by atoms with van der Waals surface area (Å²) >= 11 is 3.42. The molecule has 1 aromatic carbocycles. The largest absolute Gasteiger partial charge is 0.411 e. The number of rotatable bonds is 1. The second kappa shape index (κ2) is 5.52. The summed E-state index contributed by atoms with van der Waals surface area (Å²) in [7, 11) is 0. The van der Waals surface area contributed by atoms with E-state index < -0.39 is 0 Å². The van der Waals surface area contributed by atoms with E-state index in [9.17, 15) is 4.79 Å². The molecule has 1 aliphatic heterocycles. The fourth-order valence-corrected chi connectivity index (χ4v) is 2.27. The molecule has 0 saturated carbocycles. The lowest BCUT2D eigenvalue weighted by atomic mass is 10.1. The van der Waals surface area contributed by atoms with Crippen LogP contribution in [0.2, 0.25) is 0 Å². The van der Waals surface area contributed by atoms with Crippen LogP contribution in [0.5, 0.6) is 0 Å². The van der Waals surface area contributed by atoms with E-state index >= 15 is 0 Å². The molecule has 1 amide bonds. The van der Waals surface area contributed by atoms with Gasteiger partial charge in [-0.2, -0.15) is 0 Å². The molecule has 96 valence electrons. The number of hydrogen-bond donors (Lipinski definition) is 1. The molecule has 0 atom stereocenters. The third-order valence-corrected chi connectivity index (χ3v) is 4.06. The minimum atomic E-state index is 0.0441. The van der Waals surface area contributed by atoms with Gasteiger partial charge in [0.15, 0.2) is 0 Å². The van der Waals surface area contributed by atoms with Crippen LogP contribution in [-0.2, 0) is 0 Å². The first-order valence-corrected chi connectivity index (χ1v) is 6.66. The lowest BCUT2D eigenvalue weighted by Crippen LogP contribution is -2.38. The van der Waals surface area contributed by atoms with E-state index in [1.54, 1.807) is 4.90 Å². The van der Waals surface area contributed by atoms with Crippen LogP contribution >= 0.6 is 15.9 Å². The first-order valence-electron chi connectivity index (χ1n) is 5.87. The molecule has 1 fully saturated rings. The third-order valence-electron chi connectivity index (χ3n) is 3.17. The lowest BCUT2D eigenvalue weighted by Gasteiger charge is -2.27. The molecule has 0 radical (unpaired) electrons. The number of carbonyl (C=O) groups is 1. The van der Waals surface area contributed by atoms with Gasteiger partial charge in [0, 0.05) is 36.0 Å². The highest BCUT2D eigenvalue weighted by atomic mass is 79.9. The van der Waals surface area contributed by atoms with Crippen molar-refractivity contribution in [1.82, 2.24) is 4.90 Å². The second-order valence-electron chi connectivity index (χ2n) is 4.42. The van der Waals surface area contributed by atoms with E-state index in [1.807, 2.05) is 25.1 Å². The zero-order valence-corrected chi connectivity index (χ0v) is 11.8. The highest BCUT2D eigenvalue weighted by molar-refractivity contribution is 9.10. The summed E-state index contributed by atoms with van der Waals surface area (Å²) in [5.41, 5.74) is 2.53. The molecule has 1 heterocycles. The van der Waals surface area contributed by atoms with Gasteiger partial charge in [-0.1, -0.05) is 21.1 Å². The van der Waals surface area contributed by atoms with E-state index in [0.29, 0.717) is 31.5 Å². The van der Waals surface area contributed by atoms with Crippen molar-refractivity contribution in [2.75, 3.05) is 13.1 Å². The summed E-state index contributed by atoms with van der Waals surface area (Å²) in [5.74, 6) is 0.0441. The Bertz CT molecular complexity index is 490. The minimum absolute atomic E-state index is 0.0441. The topological polar surface area (TPSA) is 52.9 Å². The van der Waals surface area contributed by atoms with Crippen molar-refractivity contribution in [3.63, 3.8) is 0 Å². The Hall–Kier alpha value is -1.36. The Balaban J connectivity index is 2.10. The molecule has 5 heteroatoms. The van der Waals surface area contributed by atoms with Gasteiger partial charge in [0.2, 0.25) is 0 Å². The normalized spacial score (nSPS) is 15.7. The molecule has 18 heavy (non-hydrogen) atoms. The Morgan fingerprint density at radius 3 is 2.61 bits per heavy atom. The molecule has 0 bridgehead atoms. The first-order chi connectivity index (χ1) is 8.61. The number of likely N-dealkylation sites (tertiary alicyclic amines) is 1. The lowest BCUT2D eigenvalue weighted by molar-refractivity contribution is 0.0753. The van der Waals surface area contributed by atoms with Crippen LogP contribution < -0.4 is 0 Å². The van der Waals surface area contributed by atoms with Crippen molar-refractivity contribution >= 4 is 27.5 Å². The fourth-order valence-electron chi connectivity index (χ4n) is 2.03. The number of carbonyl (C=O) groups excluding carboxylic acids is 1. The molecule has 0 aliphatic carbocycles. The van der Waals surface area contributed by atoms with E-state index in [2.05, 4.69) is 21.1 Å². The van der Waals surface area contributed by atoms with Crippen molar-refractivity contribution in [2.45, 2.75) is 19.8 Å². The summed E-state index contributed by atoms with van der Waals surface area (Å²) in [6.45, 7) is 3.20. The molecule has 1 aliphatic rings. The number of nitrogens with zero attached hydrogens (tertiary/aromatic N) is 2. The first kappa shape index (κ1) is 13.1. The molecule has 1 N–H and O–H groups in total. The average Bonchev–Trinajstić information content (AvgIpc) is 2.41. The number of halogens is 1. The molecule has 0 spiro atoms. The zero-order valence-electron chi connectivity index (χ0n) is 10.2. The summed E-state index contributed by atoms with van der Waals surface area (Å²) in [6.07, 6.45) is 1.30. The van der Waals surface area contributed by atoms with Crippen LogP contribution in [0.4, 0.5) is 0 Å². The number of amides is 1. The van der Waals surface area contributed by atoms with Gasteiger partial charge in [-0.15, -0.1) is 0 Å². The second-order valence-corrected chi connectivity index (χ2v) is 5.28. The predicted molar refractivity (Wildman–Crippen MR) is 73.2 cm³/mol. The summed E-state index contributed by atoms with van der Waals surface area (Å²) in [5, 5.41) is 11.9. The Labute approximate surface area is 114 Å². The van der Waals surface area contributed by atoms with Crippen LogP contribution in [-0.4, -0.2) is 34.8 Å². The molecule has 2 rings (SSSR count). The Morgan fingerprint density at radius 2 is 2.06 bits per heavy atom. The highest BCUT2D eigenvalue weighted by Crippen LogP contribution is 2.19. The maximum atomic E-state index is 12.3. The van der Waals surface area contributed by atoms with Crippen molar-refractivity contribution in [3.05, 3.63) is 33.8 Å². The molecule has 0 unspecified atom stereocenters. The van der Waals surface area contributed by atoms with Gasteiger partial charge in [-0.3, -0.25) is 4.79 Å². The molecular formula is C13H15BrN2O2. The fraction of sp³-hybridized carbons (Fsp3) is 0.385. The summed E-state index contributed by atoms with van der Waals surface area (Å²) in [4.78, 5) is 14.1. The molecule has 1 aromatic rings. The average molecular weight is 311 g/mol. The van der Waals surface area contributed by atoms with E-state index in [0.717, 1.165) is 15.7 Å².